The summed E-state index contributed by atoms with van der Waals surface area (Å²) in [4.78, 5) is 41.8. The van der Waals surface area contributed by atoms with Crippen LogP contribution in [0.3, 0.4) is 0 Å². The van der Waals surface area contributed by atoms with Crippen molar-refractivity contribution in [3.63, 3.8) is 0 Å². The number of nitrogens with one attached hydrogen (secondary N) is 1. The van der Waals surface area contributed by atoms with E-state index in [2.05, 4.69) is 5.32 Å². The van der Waals surface area contributed by atoms with Gasteiger partial charge in [-0.25, -0.2) is 9.18 Å². The molecule has 2 aliphatic heterocycles. The van der Waals surface area contributed by atoms with Gasteiger partial charge in [-0.2, -0.15) is 26.3 Å². The standard InChI is InChI=1S/C24H21F7N4O3/c25-18-3-1-2-14(8-18)11-33-12-19-34(5-4-20(36)35(19)13-21(33)37)22(38)32-10-15-6-16(23(26,27)28)9-17(7-15)24(29,30)31/h1-3,6-9,19H,4-5,10-13H2,(H,32,38). The number of carbonyl (C=O) groups excluding carboxylic acids is 3. The van der Waals surface area contributed by atoms with Crippen LogP contribution in [0.2, 0.25) is 0 Å². The molecule has 2 heterocycles. The van der Waals surface area contributed by atoms with Crippen molar-refractivity contribution in [2.75, 3.05) is 19.6 Å². The molecular weight excluding hydrogens is 525 g/mol. The predicted molar refractivity (Wildman–Crippen MR) is 117 cm³/mol. The Bertz CT molecular complexity index is 1220. The Labute approximate surface area is 211 Å². The van der Waals surface area contributed by atoms with Crippen LogP contribution in [0.1, 0.15) is 28.7 Å². The second kappa shape index (κ2) is 10.1. The third kappa shape index (κ3) is 6.00. The first kappa shape index (κ1) is 27.2. The Morgan fingerprint density at radius 2 is 1.58 bits per heavy atom. The zero-order valence-electron chi connectivity index (χ0n) is 19.6. The topological polar surface area (TPSA) is 73.0 Å². The number of hydrogen-bond donors (Lipinski definition) is 1. The fourth-order valence-electron chi connectivity index (χ4n) is 4.42. The molecule has 0 aliphatic carbocycles. The van der Waals surface area contributed by atoms with Crippen LogP contribution in [0.15, 0.2) is 42.5 Å². The van der Waals surface area contributed by atoms with E-state index in [1.807, 2.05) is 0 Å². The highest BCUT2D eigenvalue weighted by atomic mass is 19.4. The molecule has 1 N–H and O–H groups in total. The summed E-state index contributed by atoms with van der Waals surface area (Å²) in [7, 11) is 0. The molecule has 1 unspecified atom stereocenters. The number of nitrogens with zero attached hydrogens (tertiary/aromatic N) is 3. The van der Waals surface area contributed by atoms with Crippen LogP contribution in [-0.4, -0.2) is 58.3 Å². The van der Waals surface area contributed by atoms with Crippen molar-refractivity contribution in [2.24, 2.45) is 0 Å². The van der Waals surface area contributed by atoms with Crippen LogP contribution in [0.4, 0.5) is 35.5 Å². The number of benzene rings is 2. The van der Waals surface area contributed by atoms with Crippen LogP contribution in [0, 0.1) is 5.82 Å². The monoisotopic (exact) mass is 546 g/mol. The molecule has 38 heavy (non-hydrogen) atoms. The van der Waals surface area contributed by atoms with Crippen LogP contribution in [0.25, 0.3) is 0 Å². The third-order valence-electron chi connectivity index (χ3n) is 6.26. The number of rotatable bonds is 4. The van der Waals surface area contributed by atoms with Crippen molar-refractivity contribution >= 4 is 17.8 Å². The highest BCUT2D eigenvalue weighted by Gasteiger charge is 2.43. The maximum atomic E-state index is 13.6. The Balaban J connectivity index is 1.50. The molecule has 2 saturated heterocycles. The van der Waals surface area contributed by atoms with E-state index in [0.29, 0.717) is 17.7 Å². The van der Waals surface area contributed by atoms with Crippen molar-refractivity contribution in [1.29, 1.82) is 0 Å². The van der Waals surface area contributed by atoms with Crippen LogP contribution in [-0.2, 0) is 35.0 Å². The number of amides is 4. The number of piperazine rings is 1. The van der Waals surface area contributed by atoms with Crippen molar-refractivity contribution < 1.29 is 45.1 Å². The lowest BCUT2D eigenvalue weighted by Crippen LogP contribution is -2.68. The summed E-state index contributed by atoms with van der Waals surface area (Å²) < 4.78 is 92.4. The first-order valence-electron chi connectivity index (χ1n) is 11.4. The van der Waals surface area contributed by atoms with E-state index in [0.717, 1.165) is 0 Å². The zero-order valence-corrected chi connectivity index (χ0v) is 19.6. The highest BCUT2D eigenvalue weighted by molar-refractivity contribution is 5.88. The molecule has 0 spiro atoms. The number of alkyl halides is 6. The second-order valence-electron chi connectivity index (χ2n) is 8.92. The first-order chi connectivity index (χ1) is 17.7. The van der Waals surface area contributed by atoms with Crippen molar-refractivity contribution in [3.8, 4) is 0 Å². The van der Waals surface area contributed by atoms with Gasteiger partial charge in [-0.1, -0.05) is 12.1 Å². The molecule has 0 saturated carbocycles. The van der Waals surface area contributed by atoms with Crippen molar-refractivity contribution in [2.45, 2.75) is 38.0 Å². The van der Waals surface area contributed by atoms with Gasteiger partial charge in [0.05, 0.1) is 17.7 Å². The van der Waals surface area contributed by atoms with Gasteiger partial charge < -0.3 is 20.0 Å². The summed E-state index contributed by atoms with van der Waals surface area (Å²) >= 11 is 0. The van der Waals surface area contributed by atoms with Gasteiger partial charge in [-0.05, 0) is 41.5 Å². The summed E-state index contributed by atoms with van der Waals surface area (Å²) in [5, 5.41) is 2.32. The first-order valence-corrected chi connectivity index (χ1v) is 11.4. The average Bonchev–Trinajstić information content (AvgIpc) is 2.82. The second-order valence-corrected chi connectivity index (χ2v) is 8.92. The van der Waals surface area contributed by atoms with E-state index in [1.54, 1.807) is 6.07 Å². The quantitative estimate of drug-likeness (QED) is 0.590. The van der Waals surface area contributed by atoms with Crippen LogP contribution >= 0.6 is 0 Å². The molecule has 4 amide bonds. The molecule has 0 bridgehead atoms. The van der Waals surface area contributed by atoms with Gasteiger partial charge in [-0.15, -0.1) is 0 Å². The third-order valence-corrected chi connectivity index (χ3v) is 6.26. The summed E-state index contributed by atoms with van der Waals surface area (Å²) in [6.45, 7) is -1.17. The maximum absolute atomic E-state index is 13.6. The van der Waals surface area contributed by atoms with Gasteiger partial charge in [0, 0.05) is 26.1 Å². The smallest absolute Gasteiger partial charge is 0.334 e. The van der Waals surface area contributed by atoms with E-state index in [1.165, 1.54) is 32.9 Å². The van der Waals surface area contributed by atoms with E-state index in [9.17, 15) is 45.1 Å². The lowest BCUT2D eigenvalue weighted by atomic mass is 10.0. The largest absolute Gasteiger partial charge is 0.416 e. The van der Waals surface area contributed by atoms with Crippen LogP contribution in [0.5, 0.6) is 0 Å². The van der Waals surface area contributed by atoms with E-state index in [4.69, 9.17) is 0 Å². The lowest BCUT2D eigenvalue weighted by Gasteiger charge is -2.48. The molecular formula is C24H21F7N4O3. The number of hydrogen-bond acceptors (Lipinski definition) is 3. The highest BCUT2D eigenvalue weighted by Crippen LogP contribution is 2.36. The molecule has 2 aromatic rings. The molecule has 2 fully saturated rings. The normalized spacial score (nSPS) is 18.5. The van der Waals surface area contributed by atoms with Gasteiger partial charge in [0.1, 0.15) is 18.5 Å². The lowest BCUT2D eigenvalue weighted by molar-refractivity contribution is -0.159. The molecule has 2 aliphatic rings. The number of fused-ring (bicyclic) bond motifs is 1. The molecule has 0 radical (unpaired) electrons. The van der Waals surface area contributed by atoms with Gasteiger partial charge in [0.15, 0.2) is 0 Å². The Morgan fingerprint density at radius 1 is 0.921 bits per heavy atom. The van der Waals surface area contributed by atoms with Gasteiger partial charge >= 0.3 is 18.4 Å². The minimum absolute atomic E-state index is 0.00826. The fraction of sp³-hybridized carbons (Fsp3) is 0.375. The minimum Gasteiger partial charge on any atom is -0.334 e. The Kier molecular flexibility index (Phi) is 7.26. The summed E-state index contributed by atoms with van der Waals surface area (Å²) in [5.41, 5.74) is -2.96. The fourth-order valence-corrected chi connectivity index (χ4v) is 4.42. The SMILES string of the molecule is O=C1CN2C(=O)CCN(C(=O)NCc3cc(C(F)(F)F)cc(C(F)(F)F)c3)C2CN1Cc1cccc(F)c1. The number of urea groups is 1. The molecule has 4 rings (SSSR count). The molecule has 204 valence electrons. The summed E-state index contributed by atoms with van der Waals surface area (Å²) in [6, 6.07) is 5.72. The average molecular weight is 546 g/mol. The molecule has 7 nitrogen and oxygen atoms in total. The van der Waals surface area contributed by atoms with E-state index in [-0.39, 0.29) is 44.6 Å². The minimum atomic E-state index is -5.03. The number of carbonyl (C=O) groups is 3. The van der Waals surface area contributed by atoms with Crippen molar-refractivity contribution in [3.05, 3.63) is 70.5 Å². The summed E-state index contributed by atoms with van der Waals surface area (Å²) in [5.74, 6) is -1.32. The van der Waals surface area contributed by atoms with Crippen LogP contribution < -0.4 is 5.32 Å². The van der Waals surface area contributed by atoms with Gasteiger partial charge in [0.25, 0.3) is 0 Å². The number of halogens is 7. The zero-order chi connectivity index (χ0) is 27.8. The Hall–Kier alpha value is -3.84. The predicted octanol–water partition coefficient (Wildman–Crippen LogP) is 3.98. The summed E-state index contributed by atoms with van der Waals surface area (Å²) in [6.07, 6.45) is -11.1. The maximum Gasteiger partial charge on any atom is 0.416 e. The Morgan fingerprint density at radius 3 is 2.18 bits per heavy atom. The molecule has 14 heteroatoms. The molecule has 1 atom stereocenters. The van der Waals surface area contributed by atoms with Crippen molar-refractivity contribution in [1.82, 2.24) is 20.0 Å². The van der Waals surface area contributed by atoms with Gasteiger partial charge in [0.2, 0.25) is 11.8 Å². The molecule has 0 aromatic heterocycles. The van der Waals surface area contributed by atoms with E-state index >= 15 is 0 Å². The van der Waals surface area contributed by atoms with Gasteiger partial charge in [-0.3, -0.25) is 9.59 Å². The molecule has 2 aromatic carbocycles. The van der Waals surface area contributed by atoms with E-state index < -0.39 is 59.5 Å².